The van der Waals surface area contributed by atoms with Crippen LogP contribution in [0.25, 0.3) is 0 Å². The SMILES string of the molecule is CCN(C)CCCCC(C)(N)C#N. The number of nitrogens with two attached hydrogens (primary N) is 1. The third-order valence-corrected chi connectivity index (χ3v) is 2.28. The van der Waals surface area contributed by atoms with Crippen molar-refractivity contribution in [1.29, 1.82) is 5.26 Å². The van der Waals surface area contributed by atoms with Crippen LogP contribution in [0, 0.1) is 11.3 Å². The normalized spacial score (nSPS) is 15.4. The Bertz CT molecular complexity index is 169. The molecule has 13 heavy (non-hydrogen) atoms. The zero-order valence-corrected chi connectivity index (χ0v) is 9.01. The van der Waals surface area contributed by atoms with Gasteiger partial charge in [-0.05, 0) is 46.3 Å². The lowest BCUT2D eigenvalue weighted by molar-refractivity contribution is 0.336. The molecule has 0 radical (unpaired) electrons. The highest BCUT2D eigenvalue weighted by molar-refractivity contribution is 5.00. The van der Waals surface area contributed by atoms with Crippen molar-refractivity contribution < 1.29 is 0 Å². The number of rotatable bonds is 6. The summed E-state index contributed by atoms with van der Waals surface area (Å²) in [4.78, 5) is 2.26. The molecule has 0 amide bonds. The van der Waals surface area contributed by atoms with Crippen LogP contribution in [0.5, 0.6) is 0 Å². The Hall–Kier alpha value is -0.590. The van der Waals surface area contributed by atoms with Gasteiger partial charge in [-0.3, -0.25) is 0 Å². The second-order valence-corrected chi connectivity index (χ2v) is 3.88. The molecule has 0 aromatic carbocycles. The van der Waals surface area contributed by atoms with Crippen molar-refractivity contribution in [3.63, 3.8) is 0 Å². The first-order valence-corrected chi connectivity index (χ1v) is 4.90. The smallest absolute Gasteiger partial charge is 0.101 e. The summed E-state index contributed by atoms with van der Waals surface area (Å²) in [7, 11) is 2.10. The number of nitriles is 1. The first kappa shape index (κ1) is 12.4. The Morgan fingerprint density at radius 2 is 2.08 bits per heavy atom. The van der Waals surface area contributed by atoms with Gasteiger partial charge in [0.1, 0.15) is 5.54 Å². The Morgan fingerprint density at radius 3 is 2.54 bits per heavy atom. The van der Waals surface area contributed by atoms with Gasteiger partial charge in [0.2, 0.25) is 0 Å². The van der Waals surface area contributed by atoms with Gasteiger partial charge in [0.15, 0.2) is 0 Å². The summed E-state index contributed by atoms with van der Waals surface area (Å²) in [5.41, 5.74) is 5.06. The van der Waals surface area contributed by atoms with Gasteiger partial charge in [-0.25, -0.2) is 0 Å². The minimum atomic E-state index is -0.634. The summed E-state index contributed by atoms with van der Waals surface area (Å²) in [6.07, 6.45) is 2.95. The molecular formula is C10H21N3. The summed E-state index contributed by atoms with van der Waals surface area (Å²) in [5, 5.41) is 8.66. The molecule has 3 nitrogen and oxygen atoms in total. The number of nitrogens with zero attached hydrogens (tertiary/aromatic N) is 2. The molecule has 3 heteroatoms. The van der Waals surface area contributed by atoms with Crippen LogP contribution in [0.4, 0.5) is 0 Å². The van der Waals surface area contributed by atoms with Crippen molar-refractivity contribution in [2.45, 2.75) is 38.6 Å². The highest BCUT2D eigenvalue weighted by atomic mass is 15.1. The molecule has 1 atom stereocenters. The van der Waals surface area contributed by atoms with Crippen LogP contribution >= 0.6 is 0 Å². The van der Waals surface area contributed by atoms with Gasteiger partial charge in [-0.15, -0.1) is 0 Å². The van der Waals surface area contributed by atoms with Crippen LogP contribution in [0.3, 0.4) is 0 Å². The maximum absolute atomic E-state index is 8.66. The Balaban J connectivity index is 3.42. The van der Waals surface area contributed by atoms with E-state index in [-0.39, 0.29) is 0 Å². The molecule has 0 aliphatic rings. The second-order valence-electron chi connectivity index (χ2n) is 3.88. The molecule has 0 heterocycles. The van der Waals surface area contributed by atoms with E-state index in [1.54, 1.807) is 6.92 Å². The van der Waals surface area contributed by atoms with E-state index < -0.39 is 5.54 Å². The highest BCUT2D eigenvalue weighted by Gasteiger charge is 2.15. The van der Waals surface area contributed by atoms with Crippen LogP contribution in [0.2, 0.25) is 0 Å². The number of hydrogen-bond acceptors (Lipinski definition) is 3. The minimum Gasteiger partial charge on any atom is -0.314 e. The van der Waals surface area contributed by atoms with E-state index in [9.17, 15) is 0 Å². The molecule has 0 aliphatic carbocycles. The molecule has 0 spiro atoms. The maximum atomic E-state index is 8.66. The average Bonchev–Trinajstić information content (AvgIpc) is 2.12. The summed E-state index contributed by atoms with van der Waals surface area (Å²) in [6.45, 7) is 6.11. The molecule has 0 aromatic heterocycles. The van der Waals surface area contributed by atoms with Crippen molar-refractivity contribution in [2.75, 3.05) is 20.1 Å². The van der Waals surface area contributed by atoms with Crippen LogP contribution in [0.1, 0.15) is 33.1 Å². The van der Waals surface area contributed by atoms with Crippen LogP contribution in [0.15, 0.2) is 0 Å². The molecular weight excluding hydrogens is 162 g/mol. The summed E-state index contributed by atoms with van der Waals surface area (Å²) in [6, 6.07) is 2.11. The Labute approximate surface area is 81.5 Å². The molecule has 0 aromatic rings. The van der Waals surface area contributed by atoms with E-state index >= 15 is 0 Å². The zero-order chi connectivity index (χ0) is 10.3. The standard InChI is InChI=1S/C10H21N3/c1-4-13(3)8-6-5-7-10(2,12)9-11/h4-8,12H2,1-3H3. The fourth-order valence-corrected chi connectivity index (χ4v) is 1.09. The van der Waals surface area contributed by atoms with Crippen molar-refractivity contribution in [2.24, 2.45) is 5.73 Å². The van der Waals surface area contributed by atoms with Gasteiger partial charge < -0.3 is 10.6 Å². The molecule has 0 rings (SSSR count). The van der Waals surface area contributed by atoms with E-state index in [1.165, 1.54) is 0 Å². The van der Waals surface area contributed by atoms with E-state index in [0.717, 1.165) is 32.4 Å². The van der Waals surface area contributed by atoms with E-state index in [1.807, 2.05) is 0 Å². The van der Waals surface area contributed by atoms with Gasteiger partial charge in [0.25, 0.3) is 0 Å². The van der Waals surface area contributed by atoms with E-state index in [0.29, 0.717) is 0 Å². The van der Waals surface area contributed by atoms with Gasteiger partial charge in [0.05, 0.1) is 6.07 Å². The van der Waals surface area contributed by atoms with Crippen molar-refractivity contribution in [3.8, 4) is 6.07 Å². The Kier molecular flexibility index (Phi) is 5.68. The number of hydrogen-bond donors (Lipinski definition) is 1. The summed E-state index contributed by atoms with van der Waals surface area (Å²) >= 11 is 0. The van der Waals surface area contributed by atoms with Crippen molar-refractivity contribution in [3.05, 3.63) is 0 Å². The minimum absolute atomic E-state index is 0.634. The van der Waals surface area contributed by atoms with Crippen LogP contribution in [-0.2, 0) is 0 Å². The predicted molar refractivity (Wildman–Crippen MR) is 55.2 cm³/mol. The first-order chi connectivity index (χ1) is 6.02. The third kappa shape index (κ3) is 6.56. The van der Waals surface area contributed by atoms with Crippen molar-refractivity contribution >= 4 is 0 Å². The lowest BCUT2D eigenvalue weighted by atomic mass is 9.98. The molecule has 2 N–H and O–H groups in total. The quantitative estimate of drug-likeness (QED) is 0.632. The van der Waals surface area contributed by atoms with E-state index in [2.05, 4.69) is 24.9 Å². The van der Waals surface area contributed by atoms with Gasteiger partial charge in [-0.2, -0.15) is 5.26 Å². The monoisotopic (exact) mass is 183 g/mol. The summed E-state index contributed by atoms with van der Waals surface area (Å²) < 4.78 is 0. The lowest BCUT2D eigenvalue weighted by Gasteiger charge is -2.17. The highest BCUT2D eigenvalue weighted by Crippen LogP contribution is 2.09. The fourth-order valence-electron chi connectivity index (χ4n) is 1.09. The van der Waals surface area contributed by atoms with Crippen LogP contribution in [-0.4, -0.2) is 30.6 Å². The van der Waals surface area contributed by atoms with Gasteiger partial charge in [-0.1, -0.05) is 6.92 Å². The van der Waals surface area contributed by atoms with Gasteiger partial charge in [0, 0.05) is 0 Å². The molecule has 0 aliphatic heterocycles. The predicted octanol–water partition coefficient (Wildman–Crippen LogP) is 1.35. The average molecular weight is 183 g/mol. The molecule has 76 valence electrons. The molecule has 0 bridgehead atoms. The first-order valence-electron chi connectivity index (χ1n) is 4.90. The molecule has 0 fully saturated rings. The largest absolute Gasteiger partial charge is 0.314 e. The topological polar surface area (TPSA) is 53.0 Å². The number of unbranched alkanes of at least 4 members (excludes halogenated alkanes) is 1. The van der Waals surface area contributed by atoms with E-state index in [4.69, 9.17) is 11.0 Å². The van der Waals surface area contributed by atoms with Crippen molar-refractivity contribution in [1.82, 2.24) is 4.90 Å². The Morgan fingerprint density at radius 1 is 1.46 bits per heavy atom. The zero-order valence-electron chi connectivity index (χ0n) is 9.01. The van der Waals surface area contributed by atoms with Crippen LogP contribution < -0.4 is 5.73 Å². The lowest BCUT2D eigenvalue weighted by Crippen LogP contribution is -2.34. The maximum Gasteiger partial charge on any atom is 0.101 e. The second kappa shape index (κ2) is 5.95. The fraction of sp³-hybridized carbons (Fsp3) is 0.900. The van der Waals surface area contributed by atoms with Gasteiger partial charge >= 0.3 is 0 Å². The molecule has 0 saturated heterocycles. The molecule has 1 unspecified atom stereocenters. The summed E-state index contributed by atoms with van der Waals surface area (Å²) in [5.74, 6) is 0. The third-order valence-electron chi connectivity index (χ3n) is 2.28. The molecule has 0 saturated carbocycles.